The molecule has 0 amide bonds. The number of Topliss-reactive ketones (excluding diaryl/α,β-unsaturated/α-hetero) is 1. The molecule has 2 rings (SSSR count). The van der Waals surface area contributed by atoms with E-state index in [1.165, 1.54) is 13.0 Å². The highest BCUT2D eigenvalue weighted by molar-refractivity contribution is 6.31. The summed E-state index contributed by atoms with van der Waals surface area (Å²) >= 11 is 5.95. The van der Waals surface area contributed by atoms with Gasteiger partial charge in [-0.05, 0) is 50.1 Å². The van der Waals surface area contributed by atoms with Gasteiger partial charge in [-0.3, -0.25) is 4.79 Å². The molecule has 108 valence electrons. The molecular weight excluding hydrogens is 288 g/mol. The summed E-state index contributed by atoms with van der Waals surface area (Å²) in [5, 5.41) is 0.438. The van der Waals surface area contributed by atoms with Crippen LogP contribution in [0, 0.1) is 13.8 Å². The maximum Gasteiger partial charge on any atom is 0.343 e. The highest BCUT2D eigenvalue weighted by Crippen LogP contribution is 2.29. The Kier molecular flexibility index (Phi) is 4.43. The van der Waals surface area contributed by atoms with Crippen LogP contribution < -0.4 is 4.74 Å². The number of hydrogen-bond acceptors (Lipinski definition) is 3. The Hall–Kier alpha value is -2.13. The monoisotopic (exact) mass is 302 g/mol. The van der Waals surface area contributed by atoms with Crippen LogP contribution in [0.4, 0.5) is 0 Å². The van der Waals surface area contributed by atoms with E-state index in [0.29, 0.717) is 21.7 Å². The predicted molar refractivity (Wildman–Crippen MR) is 82.3 cm³/mol. The number of hydrogen-bond donors (Lipinski definition) is 0. The standard InChI is InChI=1S/C17H15ClO3/c1-10-6-4-5-7-14(10)17(20)21-16-11(2)8-13(18)9-15(16)12(3)19/h4-9H,1-3H3. The average Bonchev–Trinajstić information content (AvgIpc) is 2.41. The molecule has 0 radical (unpaired) electrons. The lowest BCUT2D eigenvalue weighted by Gasteiger charge is -2.12. The van der Waals surface area contributed by atoms with E-state index >= 15 is 0 Å². The number of ketones is 1. The summed E-state index contributed by atoms with van der Waals surface area (Å²) in [4.78, 5) is 24.0. The molecule has 0 atom stereocenters. The van der Waals surface area contributed by atoms with Crippen molar-refractivity contribution in [2.45, 2.75) is 20.8 Å². The first-order valence-electron chi connectivity index (χ1n) is 6.49. The highest BCUT2D eigenvalue weighted by atomic mass is 35.5. The molecule has 0 spiro atoms. The maximum absolute atomic E-state index is 12.3. The molecule has 0 fully saturated rings. The van der Waals surface area contributed by atoms with Crippen molar-refractivity contribution in [2.24, 2.45) is 0 Å². The smallest absolute Gasteiger partial charge is 0.343 e. The molecule has 0 unspecified atom stereocenters. The molecule has 0 heterocycles. The molecule has 0 N–H and O–H groups in total. The fourth-order valence-corrected chi connectivity index (χ4v) is 2.35. The number of ether oxygens (including phenoxy) is 1. The normalized spacial score (nSPS) is 10.3. The first kappa shape index (κ1) is 15.3. The molecule has 0 aliphatic heterocycles. The molecule has 0 aliphatic rings. The predicted octanol–water partition coefficient (Wildman–Crippen LogP) is 4.38. The minimum atomic E-state index is -0.485. The molecule has 0 aliphatic carbocycles. The molecule has 2 aromatic carbocycles. The fourth-order valence-electron chi connectivity index (χ4n) is 2.08. The SMILES string of the molecule is CC(=O)c1cc(Cl)cc(C)c1OC(=O)c1ccccc1C. The van der Waals surface area contributed by atoms with Gasteiger partial charge in [-0.25, -0.2) is 4.79 Å². The molecule has 2 aromatic rings. The van der Waals surface area contributed by atoms with Crippen molar-refractivity contribution in [3.63, 3.8) is 0 Å². The molecule has 0 saturated carbocycles. The van der Waals surface area contributed by atoms with Gasteiger partial charge in [0.2, 0.25) is 0 Å². The maximum atomic E-state index is 12.3. The van der Waals surface area contributed by atoms with Crippen LogP contribution in [-0.4, -0.2) is 11.8 Å². The van der Waals surface area contributed by atoms with Crippen LogP contribution in [-0.2, 0) is 0 Å². The van der Waals surface area contributed by atoms with E-state index in [4.69, 9.17) is 16.3 Å². The highest BCUT2D eigenvalue weighted by Gasteiger charge is 2.18. The Morgan fingerprint density at radius 1 is 1.00 bits per heavy atom. The second-order valence-electron chi connectivity index (χ2n) is 4.86. The van der Waals surface area contributed by atoms with E-state index in [1.54, 1.807) is 25.1 Å². The molecule has 21 heavy (non-hydrogen) atoms. The summed E-state index contributed by atoms with van der Waals surface area (Å²) < 4.78 is 5.44. The largest absolute Gasteiger partial charge is 0.422 e. The van der Waals surface area contributed by atoms with Crippen LogP contribution in [0.5, 0.6) is 5.75 Å². The Labute approximate surface area is 128 Å². The quantitative estimate of drug-likeness (QED) is 0.480. The van der Waals surface area contributed by atoms with Gasteiger partial charge in [-0.1, -0.05) is 29.8 Å². The van der Waals surface area contributed by atoms with Crippen molar-refractivity contribution in [3.8, 4) is 5.75 Å². The van der Waals surface area contributed by atoms with E-state index in [-0.39, 0.29) is 11.5 Å². The van der Waals surface area contributed by atoms with Crippen LogP contribution in [0.15, 0.2) is 36.4 Å². The third-order valence-corrected chi connectivity index (χ3v) is 3.40. The van der Waals surface area contributed by atoms with Gasteiger partial charge in [0.1, 0.15) is 5.75 Å². The number of carbonyl (C=O) groups excluding carboxylic acids is 2. The lowest BCUT2D eigenvalue weighted by molar-refractivity contribution is 0.0731. The van der Waals surface area contributed by atoms with E-state index < -0.39 is 5.97 Å². The van der Waals surface area contributed by atoms with Crippen molar-refractivity contribution in [3.05, 3.63) is 63.7 Å². The van der Waals surface area contributed by atoms with Gasteiger partial charge in [-0.15, -0.1) is 0 Å². The second-order valence-corrected chi connectivity index (χ2v) is 5.30. The van der Waals surface area contributed by atoms with Crippen LogP contribution in [0.1, 0.15) is 38.8 Å². The Morgan fingerprint density at radius 3 is 2.29 bits per heavy atom. The first-order chi connectivity index (χ1) is 9.90. The first-order valence-corrected chi connectivity index (χ1v) is 6.87. The summed E-state index contributed by atoms with van der Waals surface area (Å²) in [6.07, 6.45) is 0. The third-order valence-electron chi connectivity index (χ3n) is 3.18. The molecule has 0 saturated heterocycles. The van der Waals surface area contributed by atoms with Crippen LogP contribution in [0.3, 0.4) is 0 Å². The van der Waals surface area contributed by atoms with Crippen LogP contribution >= 0.6 is 11.6 Å². The topological polar surface area (TPSA) is 43.4 Å². The van der Waals surface area contributed by atoms with E-state index in [1.807, 2.05) is 19.1 Å². The fraction of sp³-hybridized carbons (Fsp3) is 0.176. The average molecular weight is 303 g/mol. The number of benzene rings is 2. The number of rotatable bonds is 3. The minimum Gasteiger partial charge on any atom is -0.422 e. The van der Waals surface area contributed by atoms with Gasteiger partial charge in [0, 0.05) is 5.02 Å². The number of halogens is 1. The van der Waals surface area contributed by atoms with E-state index in [2.05, 4.69) is 0 Å². The molecule has 0 bridgehead atoms. The van der Waals surface area contributed by atoms with Crippen molar-refractivity contribution < 1.29 is 14.3 Å². The van der Waals surface area contributed by atoms with Gasteiger partial charge in [0.15, 0.2) is 5.78 Å². The van der Waals surface area contributed by atoms with Gasteiger partial charge < -0.3 is 4.74 Å². The summed E-state index contributed by atoms with van der Waals surface area (Å²) in [6.45, 7) is 4.99. The zero-order valence-corrected chi connectivity index (χ0v) is 12.8. The lowest BCUT2D eigenvalue weighted by atomic mass is 10.1. The summed E-state index contributed by atoms with van der Waals surface area (Å²) in [6, 6.07) is 10.3. The Balaban J connectivity index is 2.42. The molecular formula is C17H15ClO3. The van der Waals surface area contributed by atoms with Crippen molar-refractivity contribution >= 4 is 23.4 Å². The Morgan fingerprint density at radius 2 is 1.67 bits per heavy atom. The van der Waals surface area contributed by atoms with Gasteiger partial charge in [0.25, 0.3) is 0 Å². The lowest BCUT2D eigenvalue weighted by Crippen LogP contribution is -2.13. The number of esters is 1. The van der Waals surface area contributed by atoms with Gasteiger partial charge in [0.05, 0.1) is 11.1 Å². The summed E-state index contributed by atoms with van der Waals surface area (Å²) in [5.74, 6) is -0.422. The van der Waals surface area contributed by atoms with Crippen LogP contribution in [0.2, 0.25) is 5.02 Å². The van der Waals surface area contributed by atoms with E-state index in [9.17, 15) is 9.59 Å². The minimum absolute atomic E-state index is 0.201. The summed E-state index contributed by atoms with van der Waals surface area (Å²) in [7, 11) is 0. The van der Waals surface area contributed by atoms with Crippen molar-refractivity contribution in [2.75, 3.05) is 0 Å². The molecule has 4 heteroatoms. The van der Waals surface area contributed by atoms with Gasteiger partial charge >= 0.3 is 5.97 Å². The zero-order chi connectivity index (χ0) is 15.6. The van der Waals surface area contributed by atoms with Crippen molar-refractivity contribution in [1.29, 1.82) is 0 Å². The molecule has 3 nitrogen and oxygen atoms in total. The number of carbonyl (C=O) groups is 2. The molecule has 0 aromatic heterocycles. The van der Waals surface area contributed by atoms with Gasteiger partial charge in [-0.2, -0.15) is 0 Å². The third kappa shape index (κ3) is 3.31. The summed E-state index contributed by atoms with van der Waals surface area (Å²) in [5.41, 5.74) is 2.25. The second kappa shape index (κ2) is 6.10. The van der Waals surface area contributed by atoms with Crippen molar-refractivity contribution in [1.82, 2.24) is 0 Å². The van der Waals surface area contributed by atoms with Crippen LogP contribution in [0.25, 0.3) is 0 Å². The zero-order valence-electron chi connectivity index (χ0n) is 12.1. The Bertz CT molecular complexity index is 720. The number of aryl methyl sites for hydroxylation is 2. The van der Waals surface area contributed by atoms with E-state index in [0.717, 1.165) is 5.56 Å².